The van der Waals surface area contributed by atoms with Gasteiger partial charge in [-0.1, -0.05) is 6.92 Å². The molecule has 1 saturated heterocycles. The lowest BCUT2D eigenvalue weighted by molar-refractivity contribution is -0.130. The molecule has 1 aliphatic rings. The van der Waals surface area contributed by atoms with E-state index in [4.69, 9.17) is 16.9 Å². The van der Waals surface area contributed by atoms with Crippen LogP contribution in [0.15, 0.2) is 0 Å². The predicted octanol–water partition coefficient (Wildman–Crippen LogP) is 0.986. The number of rotatable bonds is 2. The molecule has 1 fully saturated rings. The lowest BCUT2D eigenvalue weighted by atomic mass is 10.1. The predicted molar refractivity (Wildman–Crippen MR) is 45.6 cm³/mol. The average molecular weight is 187 g/mol. The van der Waals surface area contributed by atoms with Gasteiger partial charge in [0.25, 0.3) is 0 Å². The van der Waals surface area contributed by atoms with Gasteiger partial charge in [-0.2, -0.15) is 5.26 Å². The second kappa shape index (κ2) is 3.77. The summed E-state index contributed by atoms with van der Waals surface area (Å²) in [7, 11) is 0. The Bertz CT molecular complexity index is 224. The van der Waals surface area contributed by atoms with Crippen molar-refractivity contribution in [3.8, 4) is 6.07 Å². The normalized spacial score (nSPS) is 25.6. The van der Waals surface area contributed by atoms with Crippen LogP contribution in [-0.4, -0.2) is 29.3 Å². The van der Waals surface area contributed by atoms with E-state index in [0.29, 0.717) is 6.54 Å². The van der Waals surface area contributed by atoms with Crippen LogP contribution >= 0.6 is 11.6 Å². The van der Waals surface area contributed by atoms with E-state index in [1.165, 1.54) is 0 Å². The van der Waals surface area contributed by atoms with Crippen LogP contribution in [-0.2, 0) is 4.79 Å². The van der Waals surface area contributed by atoms with Crippen LogP contribution in [0, 0.1) is 17.2 Å². The van der Waals surface area contributed by atoms with Gasteiger partial charge >= 0.3 is 0 Å². The second-order valence-electron chi connectivity index (χ2n) is 3.07. The van der Waals surface area contributed by atoms with Crippen molar-refractivity contribution < 1.29 is 4.79 Å². The first-order chi connectivity index (χ1) is 5.65. The summed E-state index contributed by atoms with van der Waals surface area (Å²) >= 11 is 5.60. The van der Waals surface area contributed by atoms with Gasteiger partial charge in [-0.3, -0.25) is 4.79 Å². The Morgan fingerprint density at radius 3 is 3.00 bits per heavy atom. The zero-order valence-electron chi connectivity index (χ0n) is 6.96. The quantitative estimate of drug-likeness (QED) is 0.604. The van der Waals surface area contributed by atoms with Crippen LogP contribution in [0.2, 0.25) is 0 Å². The van der Waals surface area contributed by atoms with Crippen LogP contribution in [0.5, 0.6) is 0 Å². The molecule has 0 aromatic heterocycles. The molecule has 0 spiro atoms. The number of likely N-dealkylation sites (tertiary alicyclic amines) is 1. The van der Waals surface area contributed by atoms with Crippen molar-refractivity contribution in [2.24, 2.45) is 5.92 Å². The molecule has 2 atom stereocenters. The Morgan fingerprint density at radius 1 is 1.92 bits per heavy atom. The highest BCUT2D eigenvalue weighted by atomic mass is 35.5. The van der Waals surface area contributed by atoms with Crippen LogP contribution < -0.4 is 0 Å². The SMILES string of the molecule is CC1CCN(CC(Cl)C#N)C1=O. The van der Waals surface area contributed by atoms with E-state index in [0.717, 1.165) is 13.0 Å². The number of nitrogens with zero attached hydrogens (tertiary/aromatic N) is 2. The molecule has 0 radical (unpaired) electrons. The number of hydrogen-bond acceptors (Lipinski definition) is 2. The average Bonchev–Trinajstić information content (AvgIpc) is 2.36. The van der Waals surface area contributed by atoms with E-state index in [1.54, 1.807) is 4.90 Å². The molecule has 0 aromatic carbocycles. The van der Waals surface area contributed by atoms with Gasteiger partial charge in [0.05, 0.1) is 12.6 Å². The number of nitriles is 1. The number of amides is 1. The lowest BCUT2D eigenvalue weighted by Gasteiger charge is -2.15. The maximum Gasteiger partial charge on any atom is 0.225 e. The van der Waals surface area contributed by atoms with E-state index in [9.17, 15) is 4.79 Å². The Balaban J connectivity index is 2.45. The maximum atomic E-state index is 11.3. The minimum absolute atomic E-state index is 0.104. The van der Waals surface area contributed by atoms with Gasteiger partial charge in [0.2, 0.25) is 5.91 Å². The highest BCUT2D eigenvalue weighted by molar-refractivity contribution is 6.22. The Morgan fingerprint density at radius 2 is 2.58 bits per heavy atom. The zero-order valence-corrected chi connectivity index (χ0v) is 7.71. The first-order valence-corrected chi connectivity index (χ1v) is 4.41. The van der Waals surface area contributed by atoms with Crippen LogP contribution in [0.4, 0.5) is 0 Å². The van der Waals surface area contributed by atoms with E-state index in [-0.39, 0.29) is 11.8 Å². The third kappa shape index (κ3) is 1.89. The van der Waals surface area contributed by atoms with Crippen molar-refractivity contribution in [2.45, 2.75) is 18.7 Å². The van der Waals surface area contributed by atoms with Gasteiger partial charge in [0.15, 0.2) is 0 Å². The second-order valence-corrected chi connectivity index (χ2v) is 3.60. The number of carbonyl (C=O) groups is 1. The summed E-state index contributed by atoms with van der Waals surface area (Å²) in [4.78, 5) is 13.0. The number of hydrogen-bond donors (Lipinski definition) is 0. The summed E-state index contributed by atoms with van der Waals surface area (Å²) in [5.74, 6) is 0.225. The van der Waals surface area contributed by atoms with Gasteiger partial charge in [-0.25, -0.2) is 0 Å². The smallest absolute Gasteiger partial charge is 0.225 e. The van der Waals surface area contributed by atoms with Gasteiger partial charge in [-0.05, 0) is 6.42 Å². The molecule has 1 amide bonds. The molecule has 0 aliphatic carbocycles. The summed E-state index contributed by atoms with van der Waals surface area (Å²) in [5, 5.41) is 7.86. The van der Waals surface area contributed by atoms with E-state index in [2.05, 4.69) is 0 Å². The maximum absolute atomic E-state index is 11.3. The summed E-state index contributed by atoms with van der Waals surface area (Å²) in [6.45, 7) is 3.00. The molecule has 1 rings (SSSR count). The zero-order chi connectivity index (χ0) is 9.14. The summed E-state index contributed by atoms with van der Waals surface area (Å²) in [6.07, 6.45) is 0.883. The fourth-order valence-corrected chi connectivity index (χ4v) is 1.48. The van der Waals surface area contributed by atoms with E-state index < -0.39 is 5.38 Å². The molecule has 12 heavy (non-hydrogen) atoms. The van der Waals surface area contributed by atoms with Crippen LogP contribution in [0.3, 0.4) is 0 Å². The summed E-state index contributed by atoms with van der Waals surface area (Å²) in [5.41, 5.74) is 0. The fourth-order valence-electron chi connectivity index (χ4n) is 1.31. The van der Waals surface area contributed by atoms with Gasteiger partial charge in [0.1, 0.15) is 5.38 Å². The standard InChI is InChI=1S/C8H11ClN2O/c1-6-2-3-11(8(6)12)5-7(9)4-10/h6-7H,2-3,5H2,1H3. The summed E-state index contributed by atoms with van der Waals surface area (Å²) < 4.78 is 0. The fraction of sp³-hybridized carbons (Fsp3) is 0.750. The van der Waals surface area contributed by atoms with Crippen molar-refractivity contribution in [3.05, 3.63) is 0 Å². The highest BCUT2D eigenvalue weighted by Crippen LogP contribution is 2.17. The van der Waals surface area contributed by atoms with Crippen molar-refractivity contribution in [1.29, 1.82) is 5.26 Å². The molecular formula is C8H11ClN2O. The molecule has 66 valence electrons. The molecule has 2 unspecified atom stereocenters. The third-order valence-corrected chi connectivity index (χ3v) is 2.32. The topological polar surface area (TPSA) is 44.1 Å². The van der Waals surface area contributed by atoms with Gasteiger partial charge in [-0.15, -0.1) is 11.6 Å². The molecule has 1 heterocycles. The van der Waals surface area contributed by atoms with Crippen LogP contribution in [0.1, 0.15) is 13.3 Å². The Hall–Kier alpha value is -0.750. The minimum atomic E-state index is -0.570. The van der Waals surface area contributed by atoms with Crippen molar-refractivity contribution in [1.82, 2.24) is 4.90 Å². The molecule has 4 heteroatoms. The first kappa shape index (κ1) is 9.34. The molecule has 0 aromatic rings. The van der Waals surface area contributed by atoms with Gasteiger partial charge in [0, 0.05) is 12.5 Å². The lowest BCUT2D eigenvalue weighted by Crippen LogP contribution is -2.31. The first-order valence-electron chi connectivity index (χ1n) is 3.97. The monoisotopic (exact) mass is 186 g/mol. The van der Waals surface area contributed by atoms with Crippen LogP contribution in [0.25, 0.3) is 0 Å². The van der Waals surface area contributed by atoms with E-state index >= 15 is 0 Å². The molecule has 1 aliphatic heterocycles. The molecule has 0 saturated carbocycles. The van der Waals surface area contributed by atoms with E-state index in [1.807, 2.05) is 13.0 Å². The number of alkyl halides is 1. The molecule has 3 nitrogen and oxygen atoms in total. The Kier molecular flexibility index (Phi) is 2.93. The van der Waals surface area contributed by atoms with Gasteiger partial charge < -0.3 is 4.90 Å². The third-order valence-electron chi connectivity index (χ3n) is 2.09. The molecule has 0 bridgehead atoms. The minimum Gasteiger partial charge on any atom is -0.340 e. The molecular weight excluding hydrogens is 176 g/mol. The molecule has 0 N–H and O–H groups in total. The summed E-state index contributed by atoms with van der Waals surface area (Å²) in [6, 6.07) is 1.90. The van der Waals surface area contributed by atoms with Crippen molar-refractivity contribution in [2.75, 3.05) is 13.1 Å². The Labute approximate surface area is 76.9 Å². The largest absolute Gasteiger partial charge is 0.340 e. The highest BCUT2D eigenvalue weighted by Gasteiger charge is 2.28. The van der Waals surface area contributed by atoms with Crippen molar-refractivity contribution >= 4 is 17.5 Å². The van der Waals surface area contributed by atoms with Crippen molar-refractivity contribution in [3.63, 3.8) is 0 Å². The number of carbonyl (C=O) groups excluding carboxylic acids is 1. The number of halogens is 1.